The number of amides is 1. The van der Waals surface area contributed by atoms with Crippen LogP contribution in [0.3, 0.4) is 0 Å². The fraction of sp³-hybridized carbons (Fsp3) is 0.389. The maximum atomic E-state index is 13.0. The quantitative estimate of drug-likeness (QED) is 0.828. The summed E-state index contributed by atoms with van der Waals surface area (Å²) in [5.74, 6) is 2.78. The van der Waals surface area contributed by atoms with Gasteiger partial charge in [0.1, 0.15) is 29.2 Å². The standard InChI is InChI=1S/C18H22N4O3/c1-12-19-7-5-17(20-12)21(2)16-6-8-22(18(16)23)13-9-14(24-3)11-15(10-13)25-4/h5,7,9-11,16H,6,8H2,1-4H3. The van der Waals surface area contributed by atoms with Gasteiger partial charge in [-0.3, -0.25) is 4.79 Å². The Morgan fingerprint density at radius 3 is 2.48 bits per heavy atom. The summed E-state index contributed by atoms with van der Waals surface area (Å²) in [6, 6.07) is 7.04. The number of hydrogen-bond acceptors (Lipinski definition) is 6. The number of nitrogens with zero attached hydrogens (tertiary/aromatic N) is 4. The van der Waals surface area contributed by atoms with E-state index in [0.29, 0.717) is 23.9 Å². The van der Waals surface area contributed by atoms with E-state index in [1.807, 2.05) is 37.1 Å². The summed E-state index contributed by atoms with van der Waals surface area (Å²) in [5.41, 5.74) is 0.774. The first kappa shape index (κ1) is 17.0. The first-order valence-corrected chi connectivity index (χ1v) is 8.10. The molecule has 0 bridgehead atoms. The fourth-order valence-corrected chi connectivity index (χ4v) is 3.03. The lowest BCUT2D eigenvalue weighted by Gasteiger charge is -2.25. The molecule has 1 aromatic heterocycles. The number of aromatic nitrogens is 2. The van der Waals surface area contributed by atoms with Crippen molar-refractivity contribution < 1.29 is 14.3 Å². The van der Waals surface area contributed by atoms with Crippen LogP contribution in [0.25, 0.3) is 0 Å². The Kier molecular flexibility index (Phi) is 4.74. The van der Waals surface area contributed by atoms with Crippen LogP contribution in [0, 0.1) is 6.92 Å². The number of carbonyl (C=O) groups excluding carboxylic acids is 1. The average Bonchev–Trinajstić information content (AvgIpc) is 3.02. The summed E-state index contributed by atoms with van der Waals surface area (Å²) in [5, 5.41) is 0. The molecule has 7 heteroatoms. The van der Waals surface area contributed by atoms with Crippen molar-refractivity contribution in [3.8, 4) is 11.5 Å². The molecule has 0 saturated carbocycles. The highest BCUT2D eigenvalue weighted by atomic mass is 16.5. The minimum absolute atomic E-state index is 0.0362. The van der Waals surface area contributed by atoms with Crippen LogP contribution in [-0.2, 0) is 4.79 Å². The number of likely N-dealkylation sites (N-methyl/N-ethyl adjacent to an activating group) is 1. The maximum absolute atomic E-state index is 13.0. The van der Waals surface area contributed by atoms with E-state index in [1.165, 1.54) is 0 Å². The lowest BCUT2D eigenvalue weighted by molar-refractivity contribution is -0.118. The van der Waals surface area contributed by atoms with E-state index in [-0.39, 0.29) is 11.9 Å². The van der Waals surface area contributed by atoms with E-state index in [4.69, 9.17) is 9.47 Å². The monoisotopic (exact) mass is 342 g/mol. The Labute approximate surface area is 147 Å². The minimum atomic E-state index is -0.258. The largest absolute Gasteiger partial charge is 0.497 e. The van der Waals surface area contributed by atoms with Gasteiger partial charge in [0.25, 0.3) is 0 Å². The van der Waals surface area contributed by atoms with E-state index in [1.54, 1.807) is 31.4 Å². The van der Waals surface area contributed by atoms with Crippen LogP contribution in [0.4, 0.5) is 11.5 Å². The predicted molar refractivity (Wildman–Crippen MR) is 95.5 cm³/mol. The van der Waals surface area contributed by atoms with Crippen LogP contribution in [0.2, 0.25) is 0 Å². The lowest BCUT2D eigenvalue weighted by Crippen LogP contribution is -2.40. The molecular weight excluding hydrogens is 320 g/mol. The Morgan fingerprint density at radius 2 is 1.88 bits per heavy atom. The molecule has 1 aliphatic heterocycles. The number of benzene rings is 1. The van der Waals surface area contributed by atoms with Crippen LogP contribution in [0.5, 0.6) is 11.5 Å². The van der Waals surface area contributed by atoms with Crippen LogP contribution >= 0.6 is 0 Å². The first-order valence-electron chi connectivity index (χ1n) is 8.10. The topological polar surface area (TPSA) is 67.8 Å². The van der Waals surface area contributed by atoms with Gasteiger partial charge >= 0.3 is 0 Å². The van der Waals surface area contributed by atoms with E-state index >= 15 is 0 Å². The highest BCUT2D eigenvalue weighted by Gasteiger charge is 2.36. The number of rotatable bonds is 5. The molecule has 0 aliphatic carbocycles. The summed E-state index contributed by atoms with van der Waals surface area (Å²) in [4.78, 5) is 25.2. The zero-order chi connectivity index (χ0) is 18.0. The molecule has 1 saturated heterocycles. The Hall–Kier alpha value is -2.83. The number of carbonyl (C=O) groups is 1. The first-order chi connectivity index (χ1) is 12.0. The molecule has 132 valence electrons. The van der Waals surface area contributed by atoms with E-state index in [2.05, 4.69) is 9.97 Å². The second kappa shape index (κ2) is 6.96. The SMILES string of the molecule is COc1cc(OC)cc(N2CCC(N(C)c3ccnc(C)n3)C2=O)c1. The Bertz CT molecular complexity index is 758. The molecule has 3 rings (SSSR count). The second-order valence-electron chi connectivity index (χ2n) is 5.94. The maximum Gasteiger partial charge on any atom is 0.249 e. The van der Waals surface area contributed by atoms with Gasteiger partial charge in [-0.25, -0.2) is 9.97 Å². The zero-order valence-corrected chi connectivity index (χ0v) is 14.9. The van der Waals surface area contributed by atoms with Gasteiger partial charge in [0, 0.05) is 38.0 Å². The van der Waals surface area contributed by atoms with Gasteiger partial charge in [-0.1, -0.05) is 0 Å². The normalized spacial score (nSPS) is 16.9. The summed E-state index contributed by atoms with van der Waals surface area (Å²) >= 11 is 0. The molecule has 2 aromatic rings. The number of anilines is 2. The van der Waals surface area contributed by atoms with Crippen molar-refractivity contribution in [1.29, 1.82) is 0 Å². The van der Waals surface area contributed by atoms with Gasteiger partial charge in [-0.05, 0) is 19.4 Å². The van der Waals surface area contributed by atoms with Gasteiger partial charge in [0.2, 0.25) is 5.91 Å². The molecule has 2 heterocycles. The summed E-state index contributed by atoms with van der Waals surface area (Å²) in [6.45, 7) is 2.47. The van der Waals surface area contributed by atoms with Crippen LogP contribution < -0.4 is 19.3 Å². The van der Waals surface area contributed by atoms with Crippen molar-refractivity contribution in [3.05, 3.63) is 36.3 Å². The van der Waals surface area contributed by atoms with Crippen molar-refractivity contribution >= 4 is 17.4 Å². The van der Waals surface area contributed by atoms with Crippen molar-refractivity contribution in [2.45, 2.75) is 19.4 Å². The summed E-state index contributed by atoms with van der Waals surface area (Å²) in [7, 11) is 5.08. The third kappa shape index (κ3) is 3.35. The number of hydrogen-bond donors (Lipinski definition) is 0. The Balaban J connectivity index is 1.84. The molecule has 0 radical (unpaired) electrons. The predicted octanol–water partition coefficient (Wildman–Crippen LogP) is 2.04. The van der Waals surface area contributed by atoms with Crippen molar-refractivity contribution in [1.82, 2.24) is 9.97 Å². The highest BCUT2D eigenvalue weighted by molar-refractivity contribution is 6.01. The number of ether oxygens (including phenoxy) is 2. The second-order valence-corrected chi connectivity index (χ2v) is 5.94. The molecule has 1 unspecified atom stereocenters. The molecule has 0 spiro atoms. The van der Waals surface area contributed by atoms with Crippen molar-refractivity contribution in [3.63, 3.8) is 0 Å². The minimum Gasteiger partial charge on any atom is -0.497 e. The molecule has 1 aliphatic rings. The molecule has 25 heavy (non-hydrogen) atoms. The van der Waals surface area contributed by atoms with Gasteiger partial charge in [0.15, 0.2) is 0 Å². The molecule has 1 atom stereocenters. The van der Waals surface area contributed by atoms with Gasteiger partial charge in [0.05, 0.1) is 19.9 Å². The average molecular weight is 342 g/mol. The van der Waals surface area contributed by atoms with Crippen LogP contribution in [0.1, 0.15) is 12.2 Å². The van der Waals surface area contributed by atoms with E-state index in [0.717, 1.165) is 17.9 Å². The fourth-order valence-electron chi connectivity index (χ4n) is 3.03. The Morgan fingerprint density at radius 1 is 1.20 bits per heavy atom. The van der Waals surface area contributed by atoms with E-state index < -0.39 is 0 Å². The molecule has 7 nitrogen and oxygen atoms in total. The van der Waals surface area contributed by atoms with Gasteiger partial charge in [-0.15, -0.1) is 0 Å². The smallest absolute Gasteiger partial charge is 0.249 e. The van der Waals surface area contributed by atoms with Gasteiger partial charge in [-0.2, -0.15) is 0 Å². The molecule has 1 aromatic carbocycles. The summed E-state index contributed by atoms with van der Waals surface area (Å²) < 4.78 is 10.6. The molecule has 0 N–H and O–H groups in total. The van der Waals surface area contributed by atoms with Crippen LogP contribution in [-0.4, -0.2) is 49.7 Å². The third-order valence-electron chi connectivity index (χ3n) is 4.42. The third-order valence-corrected chi connectivity index (χ3v) is 4.42. The molecular formula is C18H22N4O3. The van der Waals surface area contributed by atoms with Crippen LogP contribution in [0.15, 0.2) is 30.5 Å². The van der Waals surface area contributed by atoms with Gasteiger partial charge < -0.3 is 19.3 Å². The molecule has 1 fully saturated rings. The highest BCUT2D eigenvalue weighted by Crippen LogP contribution is 2.32. The van der Waals surface area contributed by atoms with E-state index in [9.17, 15) is 4.79 Å². The number of aryl methyl sites for hydroxylation is 1. The zero-order valence-electron chi connectivity index (χ0n) is 14.9. The lowest BCUT2D eigenvalue weighted by atomic mass is 10.2. The molecule has 1 amide bonds. The number of methoxy groups -OCH3 is 2. The van der Waals surface area contributed by atoms with Crippen molar-refractivity contribution in [2.24, 2.45) is 0 Å². The summed E-state index contributed by atoms with van der Waals surface area (Å²) in [6.07, 6.45) is 2.43. The van der Waals surface area contributed by atoms with Crippen molar-refractivity contribution in [2.75, 3.05) is 37.6 Å².